The SMILES string of the molecule is CCOC(=O)Cc1ccccc1OCc1cc(-c2cccc(CN)c2)c2oc([C@@H](C)O)cc2c1. The van der Waals surface area contributed by atoms with Gasteiger partial charge in [0.1, 0.15) is 29.8 Å². The minimum atomic E-state index is -0.718. The van der Waals surface area contributed by atoms with E-state index in [0.717, 1.165) is 33.2 Å². The lowest BCUT2D eigenvalue weighted by Crippen LogP contribution is -2.09. The Hall–Kier alpha value is -3.61. The lowest BCUT2D eigenvalue weighted by molar-refractivity contribution is -0.142. The van der Waals surface area contributed by atoms with E-state index in [2.05, 4.69) is 0 Å². The number of carbonyl (C=O) groups is 1. The molecule has 6 nitrogen and oxygen atoms in total. The molecule has 176 valence electrons. The number of hydrogen-bond donors (Lipinski definition) is 2. The number of hydrogen-bond acceptors (Lipinski definition) is 6. The fraction of sp³-hybridized carbons (Fsp3) is 0.250. The summed E-state index contributed by atoms with van der Waals surface area (Å²) in [5, 5.41) is 10.9. The molecule has 0 radical (unpaired) electrons. The Kier molecular flexibility index (Phi) is 7.30. The maximum absolute atomic E-state index is 12.0. The van der Waals surface area contributed by atoms with Crippen LogP contribution in [0.2, 0.25) is 0 Å². The van der Waals surface area contributed by atoms with Gasteiger partial charge < -0.3 is 24.7 Å². The van der Waals surface area contributed by atoms with Crippen molar-refractivity contribution in [2.75, 3.05) is 6.61 Å². The molecule has 1 aromatic heterocycles. The molecule has 0 bridgehead atoms. The second-order valence-electron chi connectivity index (χ2n) is 8.17. The second kappa shape index (κ2) is 10.5. The molecular formula is C28H29NO5. The highest BCUT2D eigenvalue weighted by atomic mass is 16.5. The Morgan fingerprint density at radius 1 is 1.06 bits per heavy atom. The van der Waals surface area contributed by atoms with Crippen LogP contribution in [0, 0.1) is 0 Å². The monoisotopic (exact) mass is 459 g/mol. The first-order valence-electron chi connectivity index (χ1n) is 11.4. The van der Waals surface area contributed by atoms with Crippen LogP contribution in [0.25, 0.3) is 22.1 Å². The van der Waals surface area contributed by atoms with Crippen LogP contribution in [-0.2, 0) is 29.1 Å². The molecule has 0 spiro atoms. The van der Waals surface area contributed by atoms with E-state index in [1.165, 1.54) is 0 Å². The van der Waals surface area contributed by atoms with Gasteiger partial charge in [-0.3, -0.25) is 4.79 Å². The molecule has 0 saturated carbocycles. The van der Waals surface area contributed by atoms with E-state index < -0.39 is 6.10 Å². The van der Waals surface area contributed by atoms with Gasteiger partial charge >= 0.3 is 5.97 Å². The molecular weight excluding hydrogens is 430 g/mol. The summed E-state index contributed by atoms with van der Waals surface area (Å²) in [6, 6.07) is 21.3. The molecule has 0 aliphatic carbocycles. The number of fused-ring (bicyclic) bond motifs is 1. The molecule has 4 rings (SSSR count). The molecule has 0 aliphatic heterocycles. The number of furan rings is 1. The Balaban J connectivity index is 1.68. The summed E-state index contributed by atoms with van der Waals surface area (Å²) in [4.78, 5) is 12.0. The van der Waals surface area contributed by atoms with E-state index in [0.29, 0.717) is 36.9 Å². The third-order valence-corrected chi connectivity index (χ3v) is 5.59. The van der Waals surface area contributed by atoms with Crippen LogP contribution in [0.4, 0.5) is 0 Å². The van der Waals surface area contributed by atoms with Crippen molar-refractivity contribution >= 4 is 16.9 Å². The van der Waals surface area contributed by atoms with Crippen molar-refractivity contribution in [3.8, 4) is 16.9 Å². The molecule has 1 heterocycles. The number of ether oxygens (including phenoxy) is 2. The number of esters is 1. The largest absolute Gasteiger partial charge is 0.489 e. The number of benzene rings is 3. The molecule has 0 saturated heterocycles. The minimum absolute atomic E-state index is 0.152. The zero-order valence-electron chi connectivity index (χ0n) is 19.4. The van der Waals surface area contributed by atoms with Gasteiger partial charge in [-0.15, -0.1) is 0 Å². The van der Waals surface area contributed by atoms with Gasteiger partial charge in [-0.1, -0.05) is 36.4 Å². The Morgan fingerprint density at radius 2 is 1.88 bits per heavy atom. The predicted octanol–water partition coefficient (Wildman–Crippen LogP) is 5.30. The third-order valence-electron chi connectivity index (χ3n) is 5.59. The van der Waals surface area contributed by atoms with E-state index in [4.69, 9.17) is 19.6 Å². The van der Waals surface area contributed by atoms with Crippen LogP contribution in [-0.4, -0.2) is 17.7 Å². The first kappa shape index (κ1) is 23.5. The van der Waals surface area contributed by atoms with Crippen molar-refractivity contribution in [2.24, 2.45) is 5.73 Å². The van der Waals surface area contributed by atoms with E-state index in [9.17, 15) is 9.90 Å². The van der Waals surface area contributed by atoms with E-state index >= 15 is 0 Å². The first-order valence-corrected chi connectivity index (χ1v) is 11.4. The summed E-state index contributed by atoms with van der Waals surface area (Å²) in [5.74, 6) is 0.856. The lowest BCUT2D eigenvalue weighted by Gasteiger charge is -2.13. The average Bonchev–Trinajstić information content (AvgIpc) is 3.28. The number of para-hydroxylation sites is 1. The van der Waals surface area contributed by atoms with Gasteiger partial charge in [-0.2, -0.15) is 0 Å². The van der Waals surface area contributed by atoms with Gasteiger partial charge in [0.05, 0.1) is 13.0 Å². The zero-order valence-corrected chi connectivity index (χ0v) is 19.4. The van der Waals surface area contributed by atoms with Crippen LogP contribution >= 0.6 is 0 Å². The second-order valence-corrected chi connectivity index (χ2v) is 8.17. The summed E-state index contributed by atoms with van der Waals surface area (Å²) in [6.07, 6.45) is -0.565. The van der Waals surface area contributed by atoms with Crippen molar-refractivity contribution < 1.29 is 23.8 Å². The number of nitrogens with two attached hydrogens (primary N) is 1. The average molecular weight is 460 g/mol. The molecule has 34 heavy (non-hydrogen) atoms. The van der Waals surface area contributed by atoms with Gasteiger partial charge in [0, 0.05) is 23.1 Å². The predicted molar refractivity (Wildman–Crippen MR) is 131 cm³/mol. The fourth-order valence-corrected chi connectivity index (χ4v) is 3.92. The molecule has 0 fully saturated rings. The summed E-state index contributed by atoms with van der Waals surface area (Å²) < 4.78 is 17.2. The van der Waals surface area contributed by atoms with Crippen LogP contribution in [0.3, 0.4) is 0 Å². The van der Waals surface area contributed by atoms with Crippen molar-refractivity contribution in [1.82, 2.24) is 0 Å². The van der Waals surface area contributed by atoms with Crippen molar-refractivity contribution in [3.63, 3.8) is 0 Å². The Morgan fingerprint density at radius 3 is 2.65 bits per heavy atom. The smallest absolute Gasteiger partial charge is 0.310 e. The van der Waals surface area contributed by atoms with Gasteiger partial charge in [-0.25, -0.2) is 0 Å². The van der Waals surface area contributed by atoms with Crippen LogP contribution < -0.4 is 10.5 Å². The van der Waals surface area contributed by atoms with E-state index in [1.807, 2.05) is 66.7 Å². The third kappa shape index (κ3) is 5.30. The molecule has 6 heteroatoms. The van der Waals surface area contributed by atoms with Crippen LogP contribution in [0.5, 0.6) is 5.75 Å². The van der Waals surface area contributed by atoms with Crippen LogP contribution in [0.15, 0.2) is 71.1 Å². The first-order chi connectivity index (χ1) is 16.5. The quantitative estimate of drug-likeness (QED) is 0.330. The number of aliphatic hydroxyl groups is 1. The molecule has 4 aromatic rings. The lowest BCUT2D eigenvalue weighted by atomic mass is 9.99. The molecule has 0 amide bonds. The highest BCUT2D eigenvalue weighted by molar-refractivity contribution is 5.93. The molecule has 0 unspecified atom stereocenters. The van der Waals surface area contributed by atoms with Gasteiger partial charge in [0.25, 0.3) is 0 Å². The van der Waals surface area contributed by atoms with E-state index in [-0.39, 0.29) is 12.4 Å². The summed E-state index contributed by atoms with van der Waals surface area (Å²) in [6.45, 7) is 4.55. The van der Waals surface area contributed by atoms with Gasteiger partial charge in [-0.05, 0) is 60.9 Å². The Bertz CT molecular complexity index is 1290. The highest BCUT2D eigenvalue weighted by Gasteiger charge is 2.16. The van der Waals surface area contributed by atoms with Gasteiger partial charge in [0.15, 0.2) is 0 Å². The molecule has 3 aromatic carbocycles. The van der Waals surface area contributed by atoms with Gasteiger partial charge in [0.2, 0.25) is 0 Å². The number of aliphatic hydroxyl groups excluding tert-OH is 1. The number of rotatable bonds is 9. The summed E-state index contributed by atoms with van der Waals surface area (Å²) in [7, 11) is 0. The zero-order chi connectivity index (χ0) is 24.1. The maximum Gasteiger partial charge on any atom is 0.310 e. The maximum atomic E-state index is 12.0. The fourth-order valence-electron chi connectivity index (χ4n) is 3.92. The van der Waals surface area contributed by atoms with E-state index in [1.54, 1.807) is 13.8 Å². The minimum Gasteiger partial charge on any atom is -0.489 e. The van der Waals surface area contributed by atoms with Crippen molar-refractivity contribution in [2.45, 2.75) is 39.5 Å². The van der Waals surface area contributed by atoms with Crippen molar-refractivity contribution in [1.29, 1.82) is 0 Å². The summed E-state index contributed by atoms with van der Waals surface area (Å²) >= 11 is 0. The molecule has 0 aliphatic rings. The van der Waals surface area contributed by atoms with Crippen LogP contribution in [0.1, 0.15) is 42.4 Å². The standard InChI is InChI=1S/C28H29NO5/c1-3-32-27(31)15-22-8-4-5-10-25(22)33-17-20-12-23-14-26(18(2)30)34-28(23)24(13-20)21-9-6-7-19(11-21)16-29/h4-14,18,30H,3,15-17,29H2,1-2H3/t18-/m1/s1. The summed E-state index contributed by atoms with van der Waals surface area (Å²) in [5.41, 5.74) is 11.2. The normalized spacial score (nSPS) is 12.0. The Labute approximate surface area is 198 Å². The topological polar surface area (TPSA) is 94.9 Å². The van der Waals surface area contributed by atoms with Crippen molar-refractivity contribution in [3.05, 3.63) is 89.2 Å². The molecule has 1 atom stereocenters. The molecule has 3 N–H and O–H groups in total. The highest BCUT2D eigenvalue weighted by Crippen LogP contribution is 2.35. The number of carbonyl (C=O) groups excluding carboxylic acids is 1.